The molecule has 0 fully saturated rings. The molecular weight excluding hydrogens is 270 g/mol. The molecule has 0 amide bonds. The van der Waals surface area contributed by atoms with Crippen molar-refractivity contribution in [2.75, 3.05) is 5.75 Å². The maximum atomic E-state index is 5.90. The minimum absolute atomic E-state index is 0.196. The number of aromatic nitrogens is 5. The molecule has 0 radical (unpaired) electrons. The van der Waals surface area contributed by atoms with Crippen LogP contribution < -0.4 is 0 Å². The van der Waals surface area contributed by atoms with Gasteiger partial charge in [0.1, 0.15) is 0 Å². The number of rotatable bonds is 5. The van der Waals surface area contributed by atoms with E-state index in [2.05, 4.69) is 33.9 Å². The fraction of sp³-hybridized carbons (Fsp3) is 0.455. The molecule has 0 saturated heterocycles. The summed E-state index contributed by atoms with van der Waals surface area (Å²) in [6.45, 7) is 4.37. The third-order valence-electron chi connectivity index (χ3n) is 2.48. The number of halogens is 1. The van der Waals surface area contributed by atoms with Crippen molar-refractivity contribution in [1.29, 1.82) is 0 Å². The topological polar surface area (TPSA) is 56.5 Å². The molecule has 0 aliphatic rings. The highest BCUT2D eigenvalue weighted by Crippen LogP contribution is 2.20. The van der Waals surface area contributed by atoms with E-state index in [4.69, 9.17) is 11.6 Å². The van der Waals surface area contributed by atoms with E-state index < -0.39 is 0 Å². The Morgan fingerprint density at radius 1 is 1.39 bits per heavy atom. The Morgan fingerprint density at radius 3 is 2.89 bits per heavy atom. The molecule has 2 aromatic rings. The van der Waals surface area contributed by atoms with Crippen LogP contribution in [0.25, 0.3) is 5.95 Å². The van der Waals surface area contributed by atoms with Crippen molar-refractivity contribution < 1.29 is 0 Å². The Balaban J connectivity index is 2.17. The molecule has 2 aromatic heterocycles. The van der Waals surface area contributed by atoms with Crippen molar-refractivity contribution in [2.24, 2.45) is 5.92 Å². The van der Waals surface area contributed by atoms with Crippen molar-refractivity contribution in [3.05, 3.63) is 23.7 Å². The highest BCUT2D eigenvalue weighted by molar-refractivity contribution is 7.99. The van der Waals surface area contributed by atoms with Crippen molar-refractivity contribution in [2.45, 2.75) is 25.4 Å². The summed E-state index contributed by atoms with van der Waals surface area (Å²) in [6.07, 6.45) is 4.58. The predicted octanol–water partition coefficient (Wildman–Crippen LogP) is 2.85. The Kier molecular flexibility index (Phi) is 4.54. The van der Waals surface area contributed by atoms with Crippen LogP contribution in [0, 0.1) is 5.92 Å². The third-order valence-corrected chi connectivity index (χ3v) is 3.82. The normalized spacial score (nSPS) is 12.6. The van der Waals surface area contributed by atoms with Gasteiger partial charge in [0.15, 0.2) is 5.16 Å². The first-order chi connectivity index (χ1) is 8.69. The molecule has 0 aliphatic carbocycles. The molecule has 2 rings (SSSR count). The molecule has 1 atom stereocenters. The summed E-state index contributed by atoms with van der Waals surface area (Å²) >= 11 is 7.49. The van der Waals surface area contributed by atoms with Gasteiger partial charge < -0.3 is 0 Å². The molecule has 0 aromatic carbocycles. The summed E-state index contributed by atoms with van der Waals surface area (Å²) in [5, 5.41) is 4.91. The molecule has 0 saturated carbocycles. The summed E-state index contributed by atoms with van der Waals surface area (Å²) < 4.78 is 1.57. The Hall–Kier alpha value is -1.14. The molecule has 2 heterocycles. The third kappa shape index (κ3) is 3.43. The van der Waals surface area contributed by atoms with Gasteiger partial charge in [0.25, 0.3) is 5.95 Å². The van der Waals surface area contributed by atoms with Crippen LogP contribution >= 0.6 is 23.4 Å². The number of hydrogen-bond donors (Lipinski definition) is 0. The van der Waals surface area contributed by atoms with E-state index in [0.29, 0.717) is 17.0 Å². The zero-order valence-electron chi connectivity index (χ0n) is 10.2. The first-order valence-electron chi connectivity index (χ1n) is 5.73. The first kappa shape index (κ1) is 13.3. The van der Waals surface area contributed by atoms with Crippen molar-refractivity contribution in [3.63, 3.8) is 0 Å². The Morgan fingerprint density at radius 2 is 2.22 bits per heavy atom. The predicted molar refractivity (Wildman–Crippen MR) is 72.1 cm³/mol. The molecule has 7 heteroatoms. The lowest BCUT2D eigenvalue weighted by atomic mass is 10.2. The quantitative estimate of drug-likeness (QED) is 0.790. The van der Waals surface area contributed by atoms with E-state index >= 15 is 0 Å². The average Bonchev–Trinajstić information content (AvgIpc) is 2.89. The molecule has 0 aliphatic heterocycles. The zero-order chi connectivity index (χ0) is 13.0. The Labute approximate surface area is 115 Å². The van der Waals surface area contributed by atoms with Crippen LogP contribution in [0.3, 0.4) is 0 Å². The van der Waals surface area contributed by atoms with E-state index in [-0.39, 0.29) is 5.28 Å². The highest BCUT2D eigenvalue weighted by Gasteiger charge is 2.09. The SMILES string of the molecule is CCC(C)CSc1nc(Cl)nc(-n2cccn2)n1. The molecule has 0 spiro atoms. The lowest BCUT2D eigenvalue weighted by molar-refractivity contribution is 0.635. The fourth-order valence-corrected chi connectivity index (χ4v) is 2.38. The smallest absolute Gasteiger partial charge is 0.206 e. The van der Waals surface area contributed by atoms with E-state index in [1.165, 1.54) is 0 Å². The second-order valence-electron chi connectivity index (χ2n) is 3.96. The van der Waals surface area contributed by atoms with E-state index in [1.807, 2.05) is 6.07 Å². The van der Waals surface area contributed by atoms with Gasteiger partial charge in [-0.3, -0.25) is 0 Å². The van der Waals surface area contributed by atoms with E-state index in [0.717, 1.165) is 12.2 Å². The summed E-state index contributed by atoms with van der Waals surface area (Å²) in [5.74, 6) is 2.04. The van der Waals surface area contributed by atoms with Gasteiger partial charge in [-0.2, -0.15) is 20.1 Å². The Bertz CT molecular complexity index is 502. The summed E-state index contributed by atoms with van der Waals surface area (Å²) in [6, 6.07) is 1.81. The molecule has 1 unspecified atom stereocenters. The molecule has 0 N–H and O–H groups in total. The van der Waals surface area contributed by atoms with Crippen LogP contribution in [-0.4, -0.2) is 30.5 Å². The lowest BCUT2D eigenvalue weighted by Crippen LogP contribution is -2.05. The number of hydrogen-bond acceptors (Lipinski definition) is 5. The number of nitrogens with zero attached hydrogens (tertiary/aromatic N) is 5. The molecular formula is C11H14ClN5S. The van der Waals surface area contributed by atoms with Gasteiger partial charge in [0, 0.05) is 18.1 Å². The van der Waals surface area contributed by atoms with Gasteiger partial charge in [-0.15, -0.1) is 0 Å². The standard InChI is InChI=1S/C11H14ClN5S/c1-3-8(2)7-18-11-15-9(12)14-10(16-11)17-6-4-5-13-17/h4-6,8H,3,7H2,1-2H3. The molecule has 5 nitrogen and oxygen atoms in total. The van der Waals surface area contributed by atoms with Crippen LogP contribution in [-0.2, 0) is 0 Å². The van der Waals surface area contributed by atoms with E-state index in [1.54, 1.807) is 28.8 Å². The van der Waals surface area contributed by atoms with Crippen LogP contribution in [0.2, 0.25) is 5.28 Å². The second-order valence-corrected chi connectivity index (χ2v) is 5.29. The van der Waals surface area contributed by atoms with Gasteiger partial charge in [0.05, 0.1) is 0 Å². The molecule has 18 heavy (non-hydrogen) atoms. The minimum Gasteiger partial charge on any atom is -0.206 e. The lowest BCUT2D eigenvalue weighted by Gasteiger charge is -2.07. The first-order valence-corrected chi connectivity index (χ1v) is 7.09. The average molecular weight is 284 g/mol. The second kappa shape index (κ2) is 6.15. The largest absolute Gasteiger partial charge is 0.255 e. The minimum atomic E-state index is 0.196. The molecule has 0 bridgehead atoms. The van der Waals surface area contributed by atoms with Crippen LogP contribution in [0.5, 0.6) is 0 Å². The fourth-order valence-electron chi connectivity index (χ4n) is 1.21. The summed E-state index contributed by atoms with van der Waals surface area (Å²) in [5.41, 5.74) is 0. The highest BCUT2D eigenvalue weighted by atomic mass is 35.5. The van der Waals surface area contributed by atoms with Crippen molar-refractivity contribution in [3.8, 4) is 5.95 Å². The van der Waals surface area contributed by atoms with Gasteiger partial charge in [-0.05, 0) is 23.6 Å². The van der Waals surface area contributed by atoms with Gasteiger partial charge in [-0.25, -0.2) is 4.68 Å². The van der Waals surface area contributed by atoms with Gasteiger partial charge in [0.2, 0.25) is 5.28 Å². The van der Waals surface area contributed by atoms with E-state index in [9.17, 15) is 0 Å². The number of thioether (sulfide) groups is 1. The van der Waals surface area contributed by atoms with Gasteiger partial charge in [-0.1, -0.05) is 32.0 Å². The summed E-state index contributed by atoms with van der Waals surface area (Å²) in [4.78, 5) is 12.5. The van der Waals surface area contributed by atoms with Crippen molar-refractivity contribution in [1.82, 2.24) is 24.7 Å². The maximum Gasteiger partial charge on any atom is 0.255 e. The van der Waals surface area contributed by atoms with Crippen LogP contribution in [0.4, 0.5) is 0 Å². The monoisotopic (exact) mass is 283 g/mol. The van der Waals surface area contributed by atoms with Crippen molar-refractivity contribution >= 4 is 23.4 Å². The summed E-state index contributed by atoms with van der Waals surface area (Å²) in [7, 11) is 0. The van der Waals surface area contributed by atoms with Crippen LogP contribution in [0.1, 0.15) is 20.3 Å². The zero-order valence-corrected chi connectivity index (χ0v) is 11.8. The maximum absolute atomic E-state index is 5.90. The van der Waals surface area contributed by atoms with Crippen LogP contribution in [0.15, 0.2) is 23.6 Å². The molecule has 96 valence electrons. The van der Waals surface area contributed by atoms with Gasteiger partial charge >= 0.3 is 0 Å².